The van der Waals surface area contributed by atoms with Crippen molar-refractivity contribution in [3.05, 3.63) is 35.5 Å². The summed E-state index contributed by atoms with van der Waals surface area (Å²) < 4.78 is 16.0. The van der Waals surface area contributed by atoms with Gasteiger partial charge in [0.05, 0.1) is 7.11 Å². The smallest absolute Gasteiger partial charge is 0.264 e. The number of methoxy groups -OCH3 is 1. The lowest BCUT2D eigenvalue weighted by Crippen LogP contribution is -2.01. The van der Waals surface area contributed by atoms with Gasteiger partial charge in [-0.1, -0.05) is 18.1 Å². The van der Waals surface area contributed by atoms with Gasteiger partial charge in [-0.2, -0.15) is 4.98 Å². The molecule has 108 valence electrons. The molecule has 0 bridgehead atoms. The first-order valence-corrected chi connectivity index (χ1v) is 6.58. The summed E-state index contributed by atoms with van der Waals surface area (Å²) in [6.45, 7) is 2.72. The first-order chi connectivity index (χ1) is 9.76. The fraction of sp³-hybridized carbons (Fsp3) is 0.429. The lowest BCUT2D eigenvalue weighted by Gasteiger charge is -2.10. The van der Waals surface area contributed by atoms with E-state index in [4.69, 9.17) is 19.7 Å². The Balaban J connectivity index is 2.05. The van der Waals surface area contributed by atoms with E-state index in [0.29, 0.717) is 29.8 Å². The summed E-state index contributed by atoms with van der Waals surface area (Å²) in [4.78, 5) is 4.24. The van der Waals surface area contributed by atoms with Gasteiger partial charge in [0.15, 0.2) is 23.9 Å². The molecule has 0 amide bonds. The van der Waals surface area contributed by atoms with Crippen LogP contribution in [0.3, 0.4) is 0 Å². The molecule has 1 aromatic carbocycles. The number of rotatable bonds is 7. The molecule has 0 saturated heterocycles. The van der Waals surface area contributed by atoms with E-state index in [1.54, 1.807) is 7.11 Å². The molecule has 0 saturated carbocycles. The molecule has 0 unspecified atom stereocenters. The molecule has 20 heavy (non-hydrogen) atoms. The summed E-state index contributed by atoms with van der Waals surface area (Å²) in [6, 6.07) is 5.58. The van der Waals surface area contributed by atoms with Crippen LogP contribution in [-0.2, 0) is 19.6 Å². The molecule has 6 nitrogen and oxygen atoms in total. The van der Waals surface area contributed by atoms with Gasteiger partial charge in [0.1, 0.15) is 0 Å². The highest BCUT2D eigenvalue weighted by Crippen LogP contribution is 2.28. The van der Waals surface area contributed by atoms with Gasteiger partial charge in [-0.15, -0.1) is 0 Å². The van der Waals surface area contributed by atoms with Gasteiger partial charge in [0, 0.05) is 13.0 Å². The molecule has 0 spiro atoms. The molecule has 6 heteroatoms. The maximum absolute atomic E-state index is 5.67. The molecule has 0 aliphatic heterocycles. The number of nitrogens with zero attached hydrogens (tertiary/aromatic N) is 2. The molecule has 2 N–H and O–H groups in total. The first-order valence-electron chi connectivity index (χ1n) is 6.58. The van der Waals surface area contributed by atoms with E-state index in [2.05, 4.69) is 17.1 Å². The summed E-state index contributed by atoms with van der Waals surface area (Å²) in [7, 11) is 1.59. The topological polar surface area (TPSA) is 83.4 Å². The van der Waals surface area contributed by atoms with Crippen LogP contribution in [0.5, 0.6) is 11.5 Å². The number of aromatic nitrogens is 2. The fourth-order valence-electron chi connectivity index (χ4n) is 1.77. The number of benzene rings is 1. The zero-order valence-corrected chi connectivity index (χ0v) is 11.8. The Morgan fingerprint density at radius 1 is 1.30 bits per heavy atom. The normalized spacial score (nSPS) is 10.6. The number of nitrogens with two attached hydrogens (primary N) is 1. The maximum Gasteiger partial charge on any atom is 0.264 e. The van der Waals surface area contributed by atoms with Crippen molar-refractivity contribution in [2.75, 3.05) is 7.11 Å². The van der Waals surface area contributed by atoms with Gasteiger partial charge in [0.25, 0.3) is 5.89 Å². The van der Waals surface area contributed by atoms with Crippen LogP contribution in [0, 0.1) is 0 Å². The fourth-order valence-corrected chi connectivity index (χ4v) is 1.77. The SMILES string of the molecule is CCCc1noc(COc2cc(CN)ccc2OC)n1. The summed E-state index contributed by atoms with van der Waals surface area (Å²) in [5.41, 5.74) is 6.59. The van der Waals surface area contributed by atoms with Crippen molar-refractivity contribution in [3.8, 4) is 11.5 Å². The van der Waals surface area contributed by atoms with Gasteiger partial charge >= 0.3 is 0 Å². The van der Waals surface area contributed by atoms with Gasteiger partial charge in [-0.25, -0.2) is 0 Å². The monoisotopic (exact) mass is 277 g/mol. The molecule has 1 heterocycles. The van der Waals surface area contributed by atoms with Crippen LogP contribution in [0.2, 0.25) is 0 Å². The van der Waals surface area contributed by atoms with E-state index >= 15 is 0 Å². The van der Waals surface area contributed by atoms with Crippen molar-refractivity contribution in [1.82, 2.24) is 10.1 Å². The van der Waals surface area contributed by atoms with Crippen molar-refractivity contribution in [1.29, 1.82) is 0 Å². The average molecular weight is 277 g/mol. The Kier molecular flexibility index (Phi) is 4.95. The third-order valence-electron chi connectivity index (χ3n) is 2.80. The van der Waals surface area contributed by atoms with Crippen LogP contribution >= 0.6 is 0 Å². The molecular weight excluding hydrogens is 258 g/mol. The molecule has 0 aliphatic rings. The van der Waals surface area contributed by atoms with Crippen molar-refractivity contribution < 1.29 is 14.0 Å². The molecule has 0 atom stereocenters. The Morgan fingerprint density at radius 2 is 2.15 bits per heavy atom. The third kappa shape index (κ3) is 3.48. The lowest BCUT2D eigenvalue weighted by molar-refractivity contribution is 0.233. The van der Waals surface area contributed by atoms with Crippen LogP contribution in [0.4, 0.5) is 0 Å². The zero-order valence-electron chi connectivity index (χ0n) is 11.8. The number of hydrogen-bond donors (Lipinski definition) is 1. The highest BCUT2D eigenvalue weighted by molar-refractivity contribution is 5.42. The molecular formula is C14H19N3O3. The molecule has 0 aliphatic carbocycles. The van der Waals surface area contributed by atoms with Crippen LogP contribution in [-0.4, -0.2) is 17.3 Å². The standard InChI is InChI=1S/C14H19N3O3/c1-3-4-13-16-14(20-17-13)9-19-12-7-10(8-15)5-6-11(12)18-2/h5-7H,3-4,8-9,15H2,1-2H3. The van der Waals surface area contributed by atoms with Crippen LogP contribution in [0.1, 0.15) is 30.6 Å². The summed E-state index contributed by atoms with van der Waals surface area (Å²) >= 11 is 0. The van der Waals surface area contributed by atoms with E-state index in [1.807, 2.05) is 18.2 Å². The average Bonchev–Trinajstić information content (AvgIpc) is 2.93. The predicted octanol–water partition coefficient (Wildman–Crippen LogP) is 2.07. The van der Waals surface area contributed by atoms with E-state index in [1.165, 1.54) is 0 Å². The van der Waals surface area contributed by atoms with Crippen molar-refractivity contribution in [2.24, 2.45) is 5.73 Å². The van der Waals surface area contributed by atoms with Crippen molar-refractivity contribution in [3.63, 3.8) is 0 Å². The van der Waals surface area contributed by atoms with Crippen LogP contribution in [0.25, 0.3) is 0 Å². The van der Waals surface area contributed by atoms with E-state index < -0.39 is 0 Å². The predicted molar refractivity (Wildman–Crippen MR) is 73.5 cm³/mol. The maximum atomic E-state index is 5.67. The number of hydrogen-bond acceptors (Lipinski definition) is 6. The number of aryl methyl sites for hydroxylation is 1. The molecule has 2 aromatic rings. The Labute approximate surface area is 117 Å². The molecule has 2 rings (SSSR count). The minimum absolute atomic E-state index is 0.209. The second kappa shape index (κ2) is 6.91. The minimum atomic E-state index is 0.209. The van der Waals surface area contributed by atoms with Gasteiger partial charge in [-0.3, -0.25) is 0 Å². The van der Waals surface area contributed by atoms with Crippen LogP contribution < -0.4 is 15.2 Å². The summed E-state index contributed by atoms with van der Waals surface area (Å²) in [5, 5.41) is 3.88. The first kappa shape index (κ1) is 14.3. The largest absolute Gasteiger partial charge is 0.493 e. The van der Waals surface area contributed by atoms with Gasteiger partial charge in [-0.05, 0) is 24.1 Å². The Bertz CT molecular complexity index is 554. The molecule has 1 aromatic heterocycles. The van der Waals surface area contributed by atoms with Crippen LogP contribution in [0.15, 0.2) is 22.7 Å². The van der Waals surface area contributed by atoms with E-state index in [9.17, 15) is 0 Å². The van der Waals surface area contributed by atoms with E-state index in [-0.39, 0.29) is 6.61 Å². The zero-order chi connectivity index (χ0) is 14.4. The highest BCUT2D eigenvalue weighted by atomic mass is 16.5. The number of ether oxygens (including phenoxy) is 2. The Morgan fingerprint density at radius 3 is 2.85 bits per heavy atom. The van der Waals surface area contributed by atoms with Crippen molar-refractivity contribution >= 4 is 0 Å². The molecule has 0 fully saturated rings. The summed E-state index contributed by atoms with van der Waals surface area (Å²) in [6.07, 6.45) is 1.78. The Hall–Kier alpha value is -2.08. The van der Waals surface area contributed by atoms with E-state index in [0.717, 1.165) is 18.4 Å². The van der Waals surface area contributed by atoms with Gasteiger partial charge in [0.2, 0.25) is 0 Å². The lowest BCUT2D eigenvalue weighted by atomic mass is 10.2. The second-order valence-electron chi connectivity index (χ2n) is 4.33. The molecule has 0 radical (unpaired) electrons. The summed E-state index contributed by atoms with van der Waals surface area (Å²) in [5.74, 6) is 2.42. The second-order valence-corrected chi connectivity index (χ2v) is 4.33. The quantitative estimate of drug-likeness (QED) is 0.834. The van der Waals surface area contributed by atoms with Gasteiger partial charge < -0.3 is 19.7 Å². The highest BCUT2D eigenvalue weighted by Gasteiger charge is 2.09. The minimum Gasteiger partial charge on any atom is -0.493 e. The third-order valence-corrected chi connectivity index (χ3v) is 2.80. The van der Waals surface area contributed by atoms with Crippen molar-refractivity contribution in [2.45, 2.75) is 32.9 Å².